The summed E-state index contributed by atoms with van der Waals surface area (Å²) in [6, 6.07) is 2.48. The number of hydrogen-bond acceptors (Lipinski definition) is 0. The van der Waals surface area contributed by atoms with Crippen LogP contribution >= 0.6 is 11.6 Å². The summed E-state index contributed by atoms with van der Waals surface area (Å²) < 4.78 is 25.4. The average Bonchev–Trinajstić information content (AvgIpc) is 1.93. The zero-order valence-electron chi connectivity index (χ0n) is 5.29. The molecule has 0 heterocycles. The third kappa shape index (κ3) is 1.34. The van der Waals surface area contributed by atoms with Crippen LogP contribution in [0.2, 0.25) is 5.02 Å². The van der Waals surface area contributed by atoms with E-state index < -0.39 is 16.7 Å². The van der Waals surface area contributed by atoms with Gasteiger partial charge in [-0.25, -0.2) is 0 Å². The zero-order valence-corrected chi connectivity index (χ0v) is 6.04. The third-order valence-corrected chi connectivity index (χ3v) is 1.57. The Balaban J connectivity index is 3.34. The van der Waals surface area contributed by atoms with Gasteiger partial charge in [-0.1, -0.05) is 0 Å². The molecule has 0 atom stereocenters. The minimum atomic E-state index is -0.718. The molecule has 0 aliphatic carbocycles. The number of benzene rings is 1. The van der Waals surface area contributed by atoms with Gasteiger partial charge in [0.05, 0.1) is 0 Å². The third-order valence-electron chi connectivity index (χ3n) is 1.23. The Hall–Kier alpha value is -0.0326. The predicted molar refractivity (Wildman–Crippen MR) is 36.8 cm³/mol. The van der Waals surface area contributed by atoms with Crippen molar-refractivity contribution in [1.82, 2.24) is 0 Å². The monoisotopic (exact) mass is 154 g/mol. The van der Waals surface area contributed by atoms with E-state index in [4.69, 9.17) is 11.6 Å². The van der Waals surface area contributed by atoms with Gasteiger partial charge >= 0.3 is 71.1 Å². The van der Waals surface area contributed by atoms with E-state index in [1.165, 1.54) is 23.8 Å². The topological polar surface area (TPSA) is 0 Å². The van der Waals surface area contributed by atoms with Gasteiger partial charge in [-0.2, -0.15) is 0 Å². The molecule has 0 unspecified atom stereocenters. The molecule has 0 aliphatic rings. The second-order valence-corrected chi connectivity index (χ2v) is 2.37. The van der Waals surface area contributed by atoms with Crippen molar-refractivity contribution in [2.75, 3.05) is 0 Å². The summed E-state index contributed by atoms with van der Waals surface area (Å²) in [5.74, 6) is -1.40. The van der Waals surface area contributed by atoms with Gasteiger partial charge in [0.15, 0.2) is 0 Å². The summed E-state index contributed by atoms with van der Waals surface area (Å²) in [6.07, 6.45) is 0. The molecule has 0 amide bonds. The summed E-state index contributed by atoms with van der Waals surface area (Å²) in [5.41, 5.74) is 0. The molecule has 10 heavy (non-hydrogen) atoms. The molecular formula is C6H2ClF2Li. The molecule has 0 saturated heterocycles. The Morgan fingerprint density at radius 3 is 2.40 bits per heavy atom. The summed E-state index contributed by atoms with van der Waals surface area (Å²) >= 11 is 6.76. The number of rotatable bonds is 0. The van der Waals surface area contributed by atoms with E-state index in [9.17, 15) is 8.78 Å². The maximum atomic E-state index is 12.6. The first-order valence-corrected chi connectivity index (χ1v) is 3.11. The van der Waals surface area contributed by atoms with Gasteiger partial charge in [-0.15, -0.1) is 0 Å². The summed E-state index contributed by atoms with van der Waals surface area (Å²) in [4.78, 5) is 0. The number of halogens is 3. The van der Waals surface area contributed by atoms with Crippen LogP contribution in [0.5, 0.6) is 0 Å². The minimum absolute atomic E-state index is 0.353. The Morgan fingerprint density at radius 2 is 1.90 bits per heavy atom. The Labute approximate surface area is 71.4 Å². The van der Waals surface area contributed by atoms with Gasteiger partial charge in [-0.05, 0) is 0 Å². The Morgan fingerprint density at radius 1 is 1.30 bits per heavy atom. The fraction of sp³-hybridized carbons (Fsp3) is 0. The van der Waals surface area contributed by atoms with E-state index in [-0.39, 0.29) is 0 Å². The van der Waals surface area contributed by atoms with E-state index in [1.807, 2.05) is 0 Å². The fourth-order valence-corrected chi connectivity index (χ4v) is 0.834. The molecule has 1 aromatic carbocycles. The molecule has 0 aromatic heterocycles. The Bertz CT molecular complexity index is 235. The summed E-state index contributed by atoms with van der Waals surface area (Å²) in [7, 11) is 0. The van der Waals surface area contributed by atoms with Crippen LogP contribution in [0.4, 0.5) is 8.78 Å². The van der Waals surface area contributed by atoms with E-state index in [2.05, 4.69) is 0 Å². The molecular weight excluding hydrogens is 152 g/mol. The van der Waals surface area contributed by atoms with E-state index in [0.717, 1.165) is 6.07 Å². The first kappa shape index (κ1) is 8.07. The molecule has 48 valence electrons. The standard InChI is InChI=1S/C6H2ClF2.Li/c7-6-4(8)2-1-3-5(6)9;/h1-2H;. The van der Waals surface area contributed by atoms with Crippen molar-refractivity contribution in [3.05, 3.63) is 28.8 Å². The van der Waals surface area contributed by atoms with Crippen molar-refractivity contribution in [2.24, 2.45) is 0 Å². The molecule has 0 N–H and O–H groups in total. The van der Waals surface area contributed by atoms with Crippen molar-refractivity contribution in [1.29, 1.82) is 0 Å². The molecule has 0 aliphatic heterocycles. The van der Waals surface area contributed by atoms with E-state index in [0.29, 0.717) is 4.24 Å². The van der Waals surface area contributed by atoms with E-state index >= 15 is 0 Å². The van der Waals surface area contributed by atoms with Crippen molar-refractivity contribution in [3.8, 4) is 0 Å². The molecule has 0 fully saturated rings. The molecule has 0 saturated carbocycles. The van der Waals surface area contributed by atoms with Crippen LogP contribution in [0.15, 0.2) is 12.1 Å². The van der Waals surface area contributed by atoms with Crippen molar-refractivity contribution in [2.45, 2.75) is 0 Å². The van der Waals surface area contributed by atoms with Crippen LogP contribution < -0.4 is 4.24 Å². The molecule has 0 nitrogen and oxygen atoms in total. The predicted octanol–water partition coefficient (Wildman–Crippen LogP) is 1.41. The Kier molecular flexibility index (Phi) is 2.35. The van der Waals surface area contributed by atoms with Crippen LogP contribution in [0.3, 0.4) is 0 Å². The van der Waals surface area contributed by atoms with Crippen LogP contribution in [-0.2, 0) is 0 Å². The summed E-state index contributed by atoms with van der Waals surface area (Å²) in [6.45, 7) is 0. The molecule has 0 bridgehead atoms. The van der Waals surface area contributed by atoms with Gasteiger partial charge < -0.3 is 0 Å². The second kappa shape index (κ2) is 2.92. The normalized spacial score (nSPS) is 10.1. The van der Waals surface area contributed by atoms with Gasteiger partial charge in [0, 0.05) is 0 Å². The maximum absolute atomic E-state index is 12.6. The SMILES string of the molecule is [Li][c]1ccc(F)c(Cl)c1F. The summed E-state index contributed by atoms with van der Waals surface area (Å²) in [5, 5.41) is -0.431. The van der Waals surface area contributed by atoms with E-state index in [1.54, 1.807) is 0 Å². The molecule has 1 aromatic rings. The van der Waals surface area contributed by atoms with Crippen LogP contribution in [0, 0.1) is 11.6 Å². The fourth-order valence-electron chi connectivity index (χ4n) is 0.622. The average molecular weight is 154 g/mol. The zero-order chi connectivity index (χ0) is 7.72. The van der Waals surface area contributed by atoms with Crippen LogP contribution in [0.1, 0.15) is 0 Å². The van der Waals surface area contributed by atoms with Gasteiger partial charge in [0.25, 0.3) is 0 Å². The molecule has 0 radical (unpaired) electrons. The first-order valence-electron chi connectivity index (χ1n) is 2.73. The first-order chi connectivity index (χ1) is 4.63. The molecule has 1 rings (SSSR count). The molecule has 0 spiro atoms. The van der Waals surface area contributed by atoms with Gasteiger partial charge in [0.1, 0.15) is 0 Å². The van der Waals surface area contributed by atoms with Crippen molar-refractivity contribution < 1.29 is 8.78 Å². The van der Waals surface area contributed by atoms with Crippen LogP contribution in [-0.4, -0.2) is 17.7 Å². The van der Waals surface area contributed by atoms with Crippen molar-refractivity contribution >= 4 is 33.6 Å². The van der Waals surface area contributed by atoms with Crippen LogP contribution in [0.25, 0.3) is 0 Å². The number of hydrogen-bond donors (Lipinski definition) is 0. The van der Waals surface area contributed by atoms with Gasteiger partial charge in [0.2, 0.25) is 0 Å². The quantitative estimate of drug-likeness (QED) is 0.392. The van der Waals surface area contributed by atoms with Gasteiger partial charge in [-0.3, -0.25) is 0 Å². The second-order valence-electron chi connectivity index (χ2n) is 1.99. The van der Waals surface area contributed by atoms with Crippen molar-refractivity contribution in [3.63, 3.8) is 0 Å². The molecule has 4 heteroatoms.